The average molecular weight is 290 g/mol. The van der Waals surface area contributed by atoms with Gasteiger partial charge >= 0.3 is 0 Å². The zero-order valence-corrected chi connectivity index (χ0v) is 11.3. The first-order valence-electron chi connectivity index (χ1n) is 6.13. The van der Waals surface area contributed by atoms with Crippen LogP contribution in [0.2, 0.25) is 0 Å². The van der Waals surface area contributed by atoms with Gasteiger partial charge in [-0.15, -0.1) is 5.10 Å². The van der Waals surface area contributed by atoms with Crippen LogP contribution in [0.4, 0.5) is 11.4 Å². The number of carbonyl (C=O) groups is 1. The van der Waals surface area contributed by atoms with E-state index in [1.165, 1.54) is 22.9 Å². The van der Waals surface area contributed by atoms with Gasteiger partial charge in [0.25, 0.3) is 5.69 Å². The molecule has 0 aliphatic carbocycles. The van der Waals surface area contributed by atoms with Gasteiger partial charge in [0.2, 0.25) is 5.91 Å². The van der Waals surface area contributed by atoms with E-state index >= 15 is 0 Å². The molecule has 0 spiro atoms. The van der Waals surface area contributed by atoms with E-state index < -0.39 is 4.92 Å². The van der Waals surface area contributed by atoms with Crippen LogP contribution >= 0.6 is 0 Å². The molecule has 1 amide bonds. The number of nitro benzene ring substituents is 1. The molecule has 9 nitrogen and oxygen atoms in total. The van der Waals surface area contributed by atoms with E-state index in [-0.39, 0.29) is 24.7 Å². The Bertz CT molecular complexity index is 681. The molecule has 0 saturated heterocycles. The van der Waals surface area contributed by atoms with Crippen LogP contribution in [0.1, 0.15) is 11.3 Å². The molecule has 2 rings (SSSR count). The number of aromatic nitrogens is 3. The average Bonchev–Trinajstić information content (AvgIpc) is 2.88. The molecule has 21 heavy (non-hydrogen) atoms. The van der Waals surface area contributed by atoms with Gasteiger partial charge < -0.3 is 11.1 Å². The number of carbonyl (C=O) groups excluding carboxylic acids is 1. The van der Waals surface area contributed by atoms with E-state index in [1.807, 2.05) is 0 Å². The van der Waals surface area contributed by atoms with Gasteiger partial charge in [-0.25, -0.2) is 4.68 Å². The lowest BCUT2D eigenvalue weighted by Crippen LogP contribution is -2.19. The van der Waals surface area contributed by atoms with Crippen LogP contribution in [0, 0.1) is 17.0 Å². The molecule has 9 heteroatoms. The first kappa shape index (κ1) is 14.6. The predicted molar refractivity (Wildman–Crippen MR) is 74.4 cm³/mol. The lowest BCUT2D eigenvalue weighted by molar-refractivity contribution is -0.384. The van der Waals surface area contributed by atoms with E-state index in [0.29, 0.717) is 16.9 Å². The second kappa shape index (κ2) is 6.09. The number of hydrogen-bond acceptors (Lipinski definition) is 6. The smallest absolute Gasteiger partial charge is 0.269 e. The number of rotatable bonds is 5. The van der Waals surface area contributed by atoms with Crippen molar-refractivity contribution in [3.8, 4) is 0 Å². The molecule has 1 heterocycles. The highest BCUT2D eigenvalue weighted by molar-refractivity contribution is 5.91. The van der Waals surface area contributed by atoms with Gasteiger partial charge in [0.15, 0.2) is 0 Å². The minimum atomic E-state index is -0.484. The molecule has 0 aliphatic heterocycles. The SMILES string of the molecule is Cc1cc([N+](=O)[O-])ccc1NC(=O)Cn1cc(CN)nn1. The molecule has 110 valence electrons. The highest BCUT2D eigenvalue weighted by Crippen LogP contribution is 2.21. The maximum absolute atomic E-state index is 11.9. The number of hydrogen-bond donors (Lipinski definition) is 2. The minimum absolute atomic E-state index is 0.0105. The molecular weight excluding hydrogens is 276 g/mol. The second-order valence-corrected chi connectivity index (χ2v) is 4.42. The number of non-ortho nitro benzene ring substituents is 1. The van der Waals surface area contributed by atoms with Gasteiger partial charge in [0.1, 0.15) is 6.54 Å². The number of nitrogens with zero attached hydrogens (tertiary/aromatic N) is 4. The van der Waals surface area contributed by atoms with Crippen LogP contribution in [0.5, 0.6) is 0 Å². The van der Waals surface area contributed by atoms with Crippen molar-refractivity contribution in [1.82, 2.24) is 15.0 Å². The van der Waals surface area contributed by atoms with Crippen LogP contribution in [-0.4, -0.2) is 25.8 Å². The Morgan fingerprint density at radius 1 is 1.52 bits per heavy atom. The Morgan fingerprint density at radius 2 is 2.29 bits per heavy atom. The summed E-state index contributed by atoms with van der Waals surface area (Å²) >= 11 is 0. The lowest BCUT2D eigenvalue weighted by atomic mass is 10.2. The zero-order valence-electron chi connectivity index (χ0n) is 11.3. The molecule has 1 aromatic heterocycles. The molecule has 0 atom stereocenters. The van der Waals surface area contributed by atoms with Gasteiger partial charge in [-0.2, -0.15) is 0 Å². The molecule has 3 N–H and O–H groups in total. The molecule has 1 aromatic carbocycles. The van der Waals surface area contributed by atoms with E-state index in [2.05, 4.69) is 15.6 Å². The summed E-state index contributed by atoms with van der Waals surface area (Å²) in [5.74, 6) is -0.305. The summed E-state index contributed by atoms with van der Waals surface area (Å²) in [6.45, 7) is 1.93. The van der Waals surface area contributed by atoms with E-state index in [9.17, 15) is 14.9 Å². The molecule has 2 aromatic rings. The van der Waals surface area contributed by atoms with Gasteiger partial charge in [-0.05, 0) is 18.6 Å². The van der Waals surface area contributed by atoms with Gasteiger partial charge in [0, 0.05) is 24.4 Å². The van der Waals surface area contributed by atoms with Crippen molar-refractivity contribution in [2.75, 3.05) is 5.32 Å². The summed E-state index contributed by atoms with van der Waals surface area (Å²) in [5.41, 5.74) is 7.11. The Kier molecular flexibility index (Phi) is 4.24. The third-order valence-electron chi connectivity index (χ3n) is 2.80. The Balaban J connectivity index is 2.04. The molecule has 0 saturated carbocycles. The standard InChI is InChI=1S/C12H14N6O3/c1-8-4-10(18(20)21)2-3-11(8)14-12(19)7-17-6-9(5-13)15-16-17/h2-4,6H,5,7,13H2,1H3,(H,14,19). The topological polar surface area (TPSA) is 129 Å². The summed E-state index contributed by atoms with van der Waals surface area (Å²) in [6.07, 6.45) is 1.59. The minimum Gasteiger partial charge on any atom is -0.325 e. The number of nitro groups is 1. The second-order valence-electron chi connectivity index (χ2n) is 4.42. The molecule has 0 radical (unpaired) electrons. The molecule has 0 bridgehead atoms. The number of aryl methyl sites for hydroxylation is 1. The van der Waals surface area contributed by atoms with Crippen molar-refractivity contribution in [1.29, 1.82) is 0 Å². The van der Waals surface area contributed by atoms with Crippen molar-refractivity contribution >= 4 is 17.3 Å². The summed E-state index contributed by atoms with van der Waals surface area (Å²) in [5, 5.41) is 20.9. The number of benzene rings is 1. The fourth-order valence-corrected chi connectivity index (χ4v) is 1.75. The van der Waals surface area contributed by atoms with Crippen LogP contribution in [-0.2, 0) is 17.9 Å². The normalized spacial score (nSPS) is 10.4. The van der Waals surface area contributed by atoms with E-state index in [1.54, 1.807) is 13.1 Å². The first-order valence-corrected chi connectivity index (χ1v) is 6.13. The maximum atomic E-state index is 11.9. The van der Waals surface area contributed by atoms with Crippen LogP contribution in [0.15, 0.2) is 24.4 Å². The highest BCUT2D eigenvalue weighted by atomic mass is 16.6. The van der Waals surface area contributed by atoms with Gasteiger partial charge in [0.05, 0.1) is 16.8 Å². The molecule has 0 unspecified atom stereocenters. The highest BCUT2D eigenvalue weighted by Gasteiger charge is 2.11. The number of amides is 1. The number of anilines is 1. The maximum Gasteiger partial charge on any atom is 0.269 e. The number of nitrogens with one attached hydrogen (secondary N) is 1. The van der Waals surface area contributed by atoms with E-state index in [4.69, 9.17) is 5.73 Å². The van der Waals surface area contributed by atoms with Crippen LogP contribution in [0.3, 0.4) is 0 Å². The van der Waals surface area contributed by atoms with Crippen molar-refractivity contribution < 1.29 is 9.72 Å². The number of nitrogens with two attached hydrogens (primary N) is 1. The molecule has 0 fully saturated rings. The lowest BCUT2D eigenvalue weighted by Gasteiger charge is -2.07. The van der Waals surface area contributed by atoms with Gasteiger partial charge in [-0.1, -0.05) is 5.21 Å². The third kappa shape index (κ3) is 3.60. The zero-order chi connectivity index (χ0) is 15.4. The largest absolute Gasteiger partial charge is 0.325 e. The molecular formula is C12H14N6O3. The summed E-state index contributed by atoms with van der Waals surface area (Å²) in [6, 6.07) is 4.24. The van der Waals surface area contributed by atoms with Crippen molar-refractivity contribution in [3.63, 3.8) is 0 Å². The third-order valence-corrected chi connectivity index (χ3v) is 2.80. The fraction of sp³-hybridized carbons (Fsp3) is 0.250. The fourth-order valence-electron chi connectivity index (χ4n) is 1.75. The molecule has 0 aliphatic rings. The van der Waals surface area contributed by atoms with Crippen molar-refractivity contribution in [3.05, 3.63) is 45.8 Å². The Morgan fingerprint density at radius 3 is 2.86 bits per heavy atom. The monoisotopic (exact) mass is 290 g/mol. The quantitative estimate of drug-likeness (QED) is 0.612. The van der Waals surface area contributed by atoms with Crippen LogP contribution < -0.4 is 11.1 Å². The Hall–Kier alpha value is -2.81. The summed E-state index contributed by atoms with van der Waals surface area (Å²) < 4.78 is 1.37. The van der Waals surface area contributed by atoms with Crippen molar-refractivity contribution in [2.24, 2.45) is 5.73 Å². The first-order chi connectivity index (χ1) is 9.99. The summed E-state index contributed by atoms with van der Waals surface area (Å²) in [7, 11) is 0. The van der Waals surface area contributed by atoms with Crippen molar-refractivity contribution in [2.45, 2.75) is 20.0 Å². The van der Waals surface area contributed by atoms with E-state index in [0.717, 1.165) is 0 Å². The van der Waals surface area contributed by atoms with Crippen LogP contribution in [0.25, 0.3) is 0 Å². The Labute approximate surface area is 119 Å². The van der Waals surface area contributed by atoms with Gasteiger partial charge in [-0.3, -0.25) is 14.9 Å². The summed E-state index contributed by atoms with van der Waals surface area (Å²) in [4.78, 5) is 22.0. The predicted octanol–water partition coefficient (Wildman–Crippen LogP) is 0.592.